The molecule has 1 saturated heterocycles. The van der Waals surface area contributed by atoms with Crippen LogP contribution in [-0.4, -0.2) is 28.3 Å². The van der Waals surface area contributed by atoms with E-state index in [1.807, 2.05) is 4.91 Å². The first-order valence-electron chi connectivity index (χ1n) is 7.49. The van der Waals surface area contributed by atoms with Gasteiger partial charge in [-0.05, 0) is 16.9 Å². The molecule has 1 aliphatic rings. The molecule has 13 heteroatoms. The molecule has 1 fully saturated rings. The number of hydrogen-bond donors (Lipinski definition) is 0. The fraction of sp³-hybridized carbons (Fsp3) is 0.571. The average molecular weight is 429 g/mol. The molecule has 0 aliphatic carbocycles. The van der Waals surface area contributed by atoms with Crippen LogP contribution in [0.25, 0.3) is 10.4 Å². The van der Waals surface area contributed by atoms with Crippen molar-refractivity contribution in [3.05, 3.63) is 39.3 Å². The first-order valence-corrected chi connectivity index (χ1v) is 10.9. The van der Waals surface area contributed by atoms with Crippen LogP contribution in [0.15, 0.2) is 5.11 Å². The van der Waals surface area contributed by atoms with Crippen molar-refractivity contribution in [2.75, 3.05) is 11.5 Å². The molecule has 0 saturated carbocycles. The molecule has 7 nitrogen and oxygen atoms in total. The summed E-state index contributed by atoms with van der Waals surface area (Å²) in [6.07, 6.45) is 0. The van der Waals surface area contributed by atoms with E-state index >= 15 is 0 Å². The number of halogens is 4. The van der Waals surface area contributed by atoms with Gasteiger partial charge >= 0.3 is 0 Å². The van der Waals surface area contributed by atoms with Crippen LogP contribution >= 0.6 is 0 Å². The van der Waals surface area contributed by atoms with Crippen LogP contribution in [0.3, 0.4) is 0 Å². The van der Waals surface area contributed by atoms with Gasteiger partial charge in [0.15, 0.2) is 47.5 Å². The minimum absolute atomic E-state index is 0.736. The van der Waals surface area contributed by atoms with Gasteiger partial charge in [0.2, 0.25) is 0 Å². The van der Waals surface area contributed by atoms with Gasteiger partial charge in [-0.3, -0.25) is 0 Å². The molecule has 0 bridgehead atoms. The van der Waals surface area contributed by atoms with Gasteiger partial charge in [0.25, 0.3) is 0 Å². The Balaban J connectivity index is 2.81. The molecule has 0 amide bonds. The van der Waals surface area contributed by atoms with Gasteiger partial charge in [0, 0.05) is 4.91 Å². The van der Waals surface area contributed by atoms with Crippen molar-refractivity contribution in [3.63, 3.8) is 0 Å². The molecule has 0 N–H and O–H groups in total. The predicted molar refractivity (Wildman–Crippen MR) is 88.3 cm³/mol. The van der Waals surface area contributed by atoms with Crippen molar-refractivity contribution in [3.8, 4) is 0 Å². The maximum absolute atomic E-state index is 14.3. The Bertz CT molecular complexity index is 994. The monoisotopic (exact) mass is 429 g/mol. The van der Waals surface area contributed by atoms with Gasteiger partial charge in [0.1, 0.15) is 5.69 Å². The van der Waals surface area contributed by atoms with Crippen LogP contribution in [0.5, 0.6) is 0 Å². The van der Waals surface area contributed by atoms with Gasteiger partial charge in [-0.15, -0.1) is 0 Å². The van der Waals surface area contributed by atoms with E-state index in [-0.39, 0.29) is 0 Å². The Kier molecular flexibility index (Phi) is 5.28. The second kappa shape index (κ2) is 6.64. The van der Waals surface area contributed by atoms with Crippen molar-refractivity contribution < 1.29 is 34.4 Å². The summed E-state index contributed by atoms with van der Waals surface area (Å²) in [6, 6.07) is 0. The maximum Gasteiger partial charge on any atom is 0.193 e. The molecule has 0 spiro atoms. The van der Waals surface area contributed by atoms with Crippen molar-refractivity contribution in [2.45, 2.75) is 25.4 Å². The zero-order chi connectivity index (χ0) is 20.9. The summed E-state index contributed by atoms with van der Waals surface area (Å²) in [6.45, 7) is 4.79. The highest BCUT2D eigenvalue weighted by Gasteiger charge is 2.52. The number of azide groups is 1. The summed E-state index contributed by atoms with van der Waals surface area (Å²) in [7, 11) is -9.45. The van der Waals surface area contributed by atoms with Crippen LogP contribution in [0.4, 0.5) is 23.2 Å². The summed E-state index contributed by atoms with van der Waals surface area (Å²) in [5.41, 5.74) is 4.04. The Morgan fingerprint density at radius 2 is 1.33 bits per heavy atom. The van der Waals surface area contributed by atoms with Gasteiger partial charge < -0.3 is 0 Å². The fourth-order valence-electron chi connectivity index (χ4n) is 2.84. The normalized spacial score (nSPS) is 24.3. The molecule has 2 rings (SSSR count). The molecule has 0 radical (unpaired) electrons. The Morgan fingerprint density at radius 1 is 0.926 bits per heavy atom. The summed E-state index contributed by atoms with van der Waals surface area (Å²) >= 11 is 0. The molecule has 0 aromatic heterocycles. The van der Waals surface area contributed by atoms with E-state index in [1.54, 1.807) is 20.8 Å². The van der Waals surface area contributed by atoms with Crippen LogP contribution in [0.2, 0.25) is 0 Å². The number of nitrogens with zero attached hydrogens (tertiary/aromatic N) is 3. The van der Waals surface area contributed by atoms with Crippen LogP contribution in [0.1, 0.15) is 30.9 Å². The minimum Gasteiger partial charge on any atom is -0.227 e. The van der Waals surface area contributed by atoms with E-state index in [9.17, 15) is 34.4 Å². The number of hydrogen-bond acceptors (Lipinski definition) is 5. The quantitative estimate of drug-likeness (QED) is 0.234. The van der Waals surface area contributed by atoms with Gasteiger partial charge in [-0.2, -0.15) is 0 Å². The van der Waals surface area contributed by atoms with E-state index in [0.29, 0.717) is 0 Å². The second-order valence-electron chi connectivity index (χ2n) is 7.26. The molecule has 1 aromatic rings. The highest BCUT2D eigenvalue weighted by molar-refractivity contribution is 8.09. The molecule has 1 aliphatic heterocycles. The van der Waals surface area contributed by atoms with Crippen molar-refractivity contribution in [1.29, 1.82) is 0 Å². The lowest BCUT2D eigenvalue weighted by Gasteiger charge is -2.36. The molecular formula is C14H15F4N3O4S2. The summed E-state index contributed by atoms with van der Waals surface area (Å²) in [5, 5.41) is 2.48. The fourth-order valence-corrected chi connectivity index (χ4v) is 9.09. The van der Waals surface area contributed by atoms with Crippen LogP contribution < -0.4 is 0 Å². The highest BCUT2D eigenvalue weighted by atomic mass is 32.3. The topological polar surface area (TPSA) is 117 Å². The molecule has 0 unspecified atom stereocenters. The van der Waals surface area contributed by atoms with Gasteiger partial charge in [-0.1, -0.05) is 25.9 Å². The number of sulfone groups is 2. The predicted octanol–water partition coefficient (Wildman–Crippen LogP) is 3.69. The maximum atomic E-state index is 14.3. The van der Waals surface area contributed by atoms with Crippen LogP contribution in [0, 0.1) is 34.6 Å². The summed E-state index contributed by atoms with van der Waals surface area (Å²) in [5.74, 6) is -11.2. The number of rotatable bonds is 2. The highest BCUT2D eigenvalue weighted by Crippen LogP contribution is 2.45. The van der Waals surface area contributed by atoms with E-state index in [1.165, 1.54) is 0 Å². The first kappa shape index (κ1) is 21.5. The molecule has 0 atom stereocenters. The third-order valence-corrected chi connectivity index (χ3v) is 9.67. The summed E-state index contributed by atoms with van der Waals surface area (Å²) < 4.78 is 104. The first-order chi connectivity index (χ1) is 12.1. The zero-order valence-corrected chi connectivity index (χ0v) is 16.0. The molecule has 1 heterocycles. The van der Waals surface area contributed by atoms with E-state index in [4.69, 9.17) is 5.53 Å². The Hall–Kier alpha value is -1.85. The van der Waals surface area contributed by atoms with E-state index in [0.717, 1.165) is 0 Å². The average Bonchev–Trinajstić information content (AvgIpc) is 2.50. The third kappa shape index (κ3) is 3.63. The molecule has 150 valence electrons. The van der Waals surface area contributed by atoms with Crippen molar-refractivity contribution >= 4 is 25.4 Å². The van der Waals surface area contributed by atoms with Crippen molar-refractivity contribution in [1.82, 2.24) is 0 Å². The largest absolute Gasteiger partial charge is 0.227 e. The lowest BCUT2D eigenvalue weighted by atomic mass is 9.83. The zero-order valence-electron chi connectivity index (χ0n) is 14.4. The summed E-state index contributed by atoms with van der Waals surface area (Å²) in [4.78, 5) is 2.02. The smallest absolute Gasteiger partial charge is 0.193 e. The Labute approximate surface area is 152 Å². The second-order valence-corrected chi connectivity index (χ2v) is 11.8. The minimum atomic E-state index is -4.72. The van der Waals surface area contributed by atoms with E-state index < -0.39 is 81.6 Å². The molecular weight excluding hydrogens is 414 g/mol. The number of benzene rings is 1. The SMILES string of the molecule is CC(C)(C)C1CS(=O)(=O)C(c2c(F)c(F)c(N=[N+]=[N-])c(F)c2F)S(=O)(=O)C1. The lowest BCUT2D eigenvalue weighted by molar-refractivity contribution is 0.283. The van der Waals surface area contributed by atoms with Crippen molar-refractivity contribution in [2.24, 2.45) is 16.4 Å². The standard InChI is InChI=1S/C14H15F4N3O4S2/c1-14(2,3)6-4-26(22,23)13(27(24,25)5-6)7-8(15)10(17)12(20-21-19)11(18)9(7)16/h6,13H,4-5H2,1-3H3. The third-order valence-electron chi connectivity index (χ3n) is 4.40. The van der Waals surface area contributed by atoms with Gasteiger partial charge in [0.05, 0.1) is 17.1 Å². The molecule has 27 heavy (non-hydrogen) atoms. The lowest BCUT2D eigenvalue weighted by Crippen LogP contribution is -2.44. The van der Waals surface area contributed by atoms with E-state index in [2.05, 4.69) is 5.11 Å². The van der Waals surface area contributed by atoms with Crippen LogP contribution in [-0.2, 0) is 19.7 Å². The molecule has 1 aromatic carbocycles. The Morgan fingerprint density at radius 3 is 1.67 bits per heavy atom. The van der Waals surface area contributed by atoms with Gasteiger partial charge in [-0.25, -0.2) is 34.4 Å².